The number of sulfonamides is 1. The van der Waals surface area contributed by atoms with Gasteiger partial charge in [0.15, 0.2) is 0 Å². The van der Waals surface area contributed by atoms with Crippen LogP contribution in [-0.2, 0) is 24.6 Å². The Labute approximate surface area is 392 Å². The second kappa shape index (κ2) is 21.5. The Kier molecular flexibility index (Phi) is 16.1. The molecule has 2 aliphatic rings. The van der Waals surface area contributed by atoms with Gasteiger partial charge in [0.1, 0.15) is 4.90 Å². The lowest BCUT2D eigenvalue weighted by atomic mass is 9.84. The van der Waals surface area contributed by atoms with Crippen LogP contribution in [0, 0.1) is 5.92 Å². The van der Waals surface area contributed by atoms with E-state index in [0.29, 0.717) is 75.5 Å². The number of nitrogens with one attached hydrogen (secondary N) is 2. The van der Waals surface area contributed by atoms with Crippen LogP contribution < -0.4 is 14.9 Å². The van der Waals surface area contributed by atoms with Crippen molar-refractivity contribution in [2.45, 2.75) is 57.6 Å². The molecule has 352 valence electrons. The number of thioether (sulfide) groups is 1. The molecule has 1 unspecified atom stereocenters. The van der Waals surface area contributed by atoms with Gasteiger partial charge in [-0.25, -0.2) is 21.6 Å². The van der Waals surface area contributed by atoms with Crippen LogP contribution >= 0.6 is 23.4 Å². The molecular weight excluding hydrogens is 937 g/mol. The van der Waals surface area contributed by atoms with Crippen LogP contribution in [0.15, 0.2) is 136 Å². The quantitative estimate of drug-likeness (QED) is 0.0665. The van der Waals surface area contributed by atoms with Crippen LogP contribution in [-0.4, -0.2) is 107 Å². The fourth-order valence-corrected chi connectivity index (χ4v) is 11.3. The Balaban J connectivity index is 1.03. The van der Waals surface area contributed by atoms with Crippen molar-refractivity contribution < 1.29 is 49.8 Å². The van der Waals surface area contributed by atoms with Crippen LogP contribution in [0.25, 0.3) is 11.1 Å². The zero-order chi connectivity index (χ0) is 47.1. The zero-order valence-corrected chi connectivity index (χ0v) is 38.8. The molecule has 2 heterocycles. The van der Waals surface area contributed by atoms with E-state index in [4.69, 9.17) is 16.3 Å². The fourth-order valence-electron chi connectivity index (χ4n) is 8.18. The van der Waals surface area contributed by atoms with Gasteiger partial charge in [-0.15, -0.1) is 11.8 Å². The van der Waals surface area contributed by atoms with Crippen LogP contribution in [0.1, 0.15) is 41.3 Å². The van der Waals surface area contributed by atoms with E-state index in [1.807, 2.05) is 88.5 Å². The molecule has 0 aliphatic carbocycles. The topological polar surface area (TPSA) is 166 Å². The number of morpholine rings is 1. The first-order valence-electron chi connectivity index (χ1n) is 21.3. The van der Waals surface area contributed by atoms with Crippen LogP contribution in [0.3, 0.4) is 0 Å². The van der Waals surface area contributed by atoms with E-state index in [2.05, 4.69) is 10.2 Å². The van der Waals surface area contributed by atoms with Crippen molar-refractivity contribution in [3.63, 3.8) is 0 Å². The second-order valence-corrected chi connectivity index (χ2v) is 21.3. The molecule has 5 aromatic carbocycles. The summed E-state index contributed by atoms with van der Waals surface area (Å²) >= 11 is 7.49. The van der Waals surface area contributed by atoms with Gasteiger partial charge in [-0.1, -0.05) is 66.2 Å². The molecule has 0 saturated carbocycles. The zero-order valence-electron chi connectivity index (χ0n) is 35.6. The number of benzene rings is 5. The predicted molar refractivity (Wildman–Crippen MR) is 250 cm³/mol. The summed E-state index contributed by atoms with van der Waals surface area (Å²) in [5.41, 5.74) is -2.86. The Morgan fingerprint density at radius 3 is 2.24 bits per heavy atom. The molecule has 19 heteroatoms. The minimum Gasteiger partial charge on any atom is -0.395 e. The van der Waals surface area contributed by atoms with Gasteiger partial charge in [-0.2, -0.15) is 13.2 Å². The number of aliphatic hydroxyl groups is 2. The van der Waals surface area contributed by atoms with Crippen molar-refractivity contribution in [2.24, 2.45) is 5.92 Å². The first-order chi connectivity index (χ1) is 31.5. The SMILES string of the molecule is O=C(NS(=O)(=O)c1ccc(N[C@H](CCN2CCOC[C@H]2CO)CSc2ccccc2)c(S(=O)(=O)C(F)(F)F)c1)c1ccc(N2CCC(C(O)c3ccccc3-c3ccc(Cl)cc3)CC2)cc1. The van der Waals surface area contributed by atoms with Gasteiger partial charge in [0, 0.05) is 59.1 Å². The number of piperidine rings is 1. The molecule has 3 atom stereocenters. The molecule has 0 aromatic heterocycles. The second-order valence-electron chi connectivity index (χ2n) is 16.2. The molecule has 0 bridgehead atoms. The lowest BCUT2D eigenvalue weighted by Crippen LogP contribution is -2.48. The number of rotatable bonds is 17. The highest BCUT2D eigenvalue weighted by atomic mass is 35.5. The van der Waals surface area contributed by atoms with Crippen LogP contribution in [0.4, 0.5) is 24.5 Å². The standard InChI is InChI=1S/C47H50ClF3N4O8S3/c48-35-14-10-32(11-15-35)41-8-4-5-9-42(41)45(57)33-20-23-54(24-21-33)37-16-12-34(13-17-37)46(58)53-66(61,62)40-18-19-43(44(28-40)65(59,60)47(49,50)51)52-36(31-64-39-6-2-1-3-7-39)22-25-55-26-27-63-30-38(55)29-56/h1-19,28,33,36,38,45,52,56-57H,20-27,29-31H2,(H,53,58)/t36-,38-,45?/m1/s1. The Morgan fingerprint density at radius 2 is 1.56 bits per heavy atom. The van der Waals surface area contributed by atoms with Gasteiger partial charge in [0.2, 0.25) is 0 Å². The van der Waals surface area contributed by atoms with Crippen molar-refractivity contribution in [3.8, 4) is 11.1 Å². The monoisotopic (exact) mass is 986 g/mol. The minimum absolute atomic E-state index is 0.0256. The summed E-state index contributed by atoms with van der Waals surface area (Å²) in [6, 6.07) is 31.9. The number of nitrogens with zero attached hydrogens (tertiary/aromatic N) is 2. The summed E-state index contributed by atoms with van der Waals surface area (Å²) in [5.74, 6) is -0.810. The minimum atomic E-state index is -6.11. The van der Waals surface area contributed by atoms with E-state index in [0.717, 1.165) is 39.4 Å². The number of alkyl halides is 3. The smallest absolute Gasteiger partial charge is 0.395 e. The molecule has 5 aromatic rings. The molecule has 2 aliphatic heterocycles. The molecule has 2 fully saturated rings. The highest BCUT2D eigenvalue weighted by molar-refractivity contribution is 7.99. The molecule has 4 N–H and O–H groups in total. The fraction of sp³-hybridized carbons (Fsp3) is 0.340. The summed E-state index contributed by atoms with van der Waals surface area (Å²) in [6.45, 7) is 2.66. The highest BCUT2D eigenvalue weighted by Crippen LogP contribution is 2.39. The maximum Gasteiger partial charge on any atom is 0.501 e. The Bertz CT molecular complexity index is 2660. The predicted octanol–water partition coefficient (Wildman–Crippen LogP) is 8.03. The molecule has 66 heavy (non-hydrogen) atoms. The van der Waals surface area contributed by atoms with Crippen molar-refractivity contribution in [3.05, 3.63) is 137 Å². The first-order valence-corrected chi connectivity index (χ1v) is 25.6. The molecule has 0 spiro atoms. The number of carbonyl (C=O) groups is 1. The Hall–Kier alpha value is -4.66. The van der Waals surface area contributed by atoms with Gasteiger partial charge in [-0.05, 0) is 109 Å². The van der Waals surface area contributed by atoms with E-state index in [9.17, 15) is 45.0 Å². The third-order valence-corrected chi connectivity index (χ3v) is 16.2. The summed E-state index contributed by atoms with van der Waals surface area (Å²) in [7, 11) is -11.0. The molecule has 2 saturated heterocycles. The van der Waals surface area contributed by atoms with E-state index in [1.165, 1.54) is 23.9 Å². The van der Waals surface area contributed by atoms with E-state index < -0.39 is 58.9 Å². The van der Waals surface area contributed by atoms with Gasteiger partial charge >= 0.3 is 5.51 Å². The highest BCUT2D eigenvalue weighted by Gasteiger charge is 2.48. The van der Waals surface area contributed by atoms with Gasteiger partial charge in [-0.3, -0.25) is 9.69 Å². The first kappa shape index (κ1) is 49.3. The Morgan fingerprint density at radius 1 is 0.879 bits per heavy atom. The number of hydrogen-bond donors (Lipinski definition) is 4. The lowest BCUT2D eigenvalue weighted by molar-refractivity contribution is -0.0435. The third kappa shape index (κ3) is 11.9. The summed E-state index contributed by atoms with van der Waals surface area (Å²) in [5, 5.41) is 24.9. The van der Waals surface area contributed by atoms with Gasteiger partial charge in [0.05, 0.1) is 42.5 Å². The number of carbonyl (C=O) groups excluding carboxylic acids is 1. The largest absolute Gasteiger partial charge is 0.501 e. The average molecular weight is 988 g/mol. The van der Waals surface area contributed by atoms with Crippen molar-refractivity contribution >= 4 is 60.5 Å². The van der Waals surface area contributed by atoms with Crippen molar-refractivity contribution in [1.82, 2.24) is 9.62 Å². The normalized spacial score (nSPS) is 17.5. The average Bonchev–Trinajstić information content (AvgIpc) is 3.32. The maximum atomic E-state index is 14.2. The summed E-state index contributed by atoms with van der Waals surface area (Å²) < 4.78 is 103. The van der Waals surface area contributed by atoms with Crippen molar-refractivity contribution in [2.75, 3.05) is 62.0 Å². The maximum absolute atomic E-state index is 14.2. The lowest BCUT2D eigenvalue weighted by Gasteiger charge is -2.36. The van der Waals surface area contributed by atoms with Gasteiger partial charge in [0.25, 0.3) is 25.8 Å². The van der Waals surface area contributed by atoms with Crippen LogP contribution in [0.2, 0.25) is 5.02 Å². The van der Waals surface area contributed by atoms with E-state index >= 15 is 0 Å². The number of halogens is 4. The number of anilines is 2. The number of sulfone groups is 1. The summed E-state index contributed by atoms with van der Waals surface area (Å²) in [4.78, 5) is 16.1. The number of hydrogen-bond acceptors (Lipinski definition) is 12. The summed E-state index contributed by atoms with van der Waals surface area (Å²) in [6.07, 6.45) is 0.948. The van der Waals surface area contributed by atoms with Gasteiger partial charge < -0.3 is 25.2 Å². The van der Waals surface area contributed by atoms with Crippen LogP contribution in [0.5, 0.6) is 0 Å². The molecule has 1 amide bonds. The van der Waals surface area contributed by atoms with E-state index in [1.54, 1.807) is 12.1 Å². The molecule has 7 rings (SSSR count). The third-order valence-electron chi connectivity index (χ3n) is 11.9. The molecule has 0 radical (unpaired) electrons. The van der Waals surface area contributed by atoms with E-state index in [-0.39, 0.29) is 24.1 Å². The number of aliphatic hydroxyl groups excluding tert-OH is 2. The molecule has 12 nitrogen and oxygen atoms in total. The molecular formula is C47H50ClF3N4O8S3. The number of ether oxygens (including phenoxy) is 1. The van der Waals surface area contributed by atoms with Crippen molar-refractivity contribution in [1.29, 1.82) is 0 Å². The number of amides is 1.